The van der Waals surface area contributed by atoms with Crippen molar-refractivity contribution in [2.45, 2.75) is 6.04 Å². The molecule has 0 N–H and O–H groups in total. The van der Waals surface area contributed by atoms with Crippen molar-refractivity contribution < 1.29 is 14.3 Å². The molecule has 1 atom stereocenters. The monoisotopic (exact) mass is 470 g/mol. The molecule has 0 bridgehead atoms. The highest BCUT2D eigenvalue weighted by atomic mass is 35.5. The molecule has 2 aliphatic heterocycles. The number of amides is 1. The van der Waals surface area contributed by atoms with Gasteiger partial charge in [-0.25, -0.2) is 9.97 Å². The molecule has 7 nitrogen and oxygen atoms in total. The largest absolute Gasteiger partial charge is 0.496 e. The van der Waals surface area contributed by atoms with Crippen LogP contribution in [0.5, 0.6) is 11.5 Å². The first-order chi connectivity index (χ1) is 15.5. The highest BCUT2D eigenvalue weighted by molar-refractivity contribution is 6.37. The number of aromatic nitrogens is 2. The molecule has 3 aromatic rings. The molecule has 1 amide bonds. The van der Waals surface area contributed by atoms with Gasteiger partial charge in [0.05, 0.1) is 29.1 Å². The van der Waals surface area contributed by atoms with E-state index in [0.717, 1.165) is 16.8 Å². The summed E-state index contributed by atoms with van der Waals surface area (Å²) in [5.74, 6) is 1.83. The van der Waals surface area contributed by atoms with Crippen LogP contribution in [-0.4, -0.2) is 60.2 Å². The smallest absolute Gasteiger partial charge is 0.246 e. The molecule has 0 spiro atoms. The number of rotatable bonds is 3. The number of ether oxygens (including phenoxy) is 2. The average molecular weight is 471 g/mol. The molecule has 32 heavy (non-hydrogen) atoms. The van der Waals surface area contributed by atoms with Gasteiger partial charge >= 0.3 is 0 Å². The van der Waals surface area contributed by atoms with Crippen molar-refractivity contribution in [2.24, 2.45) is 0 Å². The minimum Gasteiger partial charge on any atom is -0.496 e. The summed E-state index contributed by atoms with van der Waals surface area (Å²) in [6, 6.07) is 7.20. The van der Waals surface area contributed by atoms with E-state index in [9.17, 15) is 4.79 Å². The number of carbonyl (C=O) groups is 1. The summed E-state index contributed by atoms with van der Waals surface area (Å²) >= 11 is 13.2. The Bertz CT molecular complexity index is 1250. The molecule has 1 saturated heterocycles. The van der Waals surface area contributed by atoms with Crippen molar-refractivity contribution in [1.29, 1.82) is 0 Å². The number of hydrogen-bond donors (Lipinski definition) is 0. The Labute approximate surface area is 195 Å². The van der Waals surface area contributed by atoms with Gasteiger partial charge in [0.1, 0.15) is 24.5 Å². The maximum atomic E-state index is 12.2. The lowest BCUT2D eigenvalue weighted by molar-refractivity contribution is -0.126. The number of carbonyl (C=O) groups excluding carboxylic acids is 1. The molecular formula is C23H20Cl2N4O3. The van der Waals surface area contributed by atoms with Crippen LogP contribution < -0.4 is 14.4 Å². The SMILES string of the molecule is C=CC(=O)N1CCN2c3ncnc4cc(-c5cc(Cl)ccc5OC)c(Cl)c(c34)OC[C@@H]2C1. The second kappa shape index (κ2) is 8.15. The van der Waals surface area contributed by atoms with E-state index in [1.54, 1.807) is 30.2 Å². The lowest BCUT2D eigenvalue weighted by Gasteiger charge is -2.40. The maximum Gasteiger partial charge on any atom is 0.246 e. The molecule has 9 heteroatoms. The first-order valence-corrected chi connectivity index (χ1v) is 10.9. The van der Waals surface area contributed by atoms with Crippen LogP contribution in [0.15, 0.2) is 43.2 Å². The Hall–Kier alpha value is -3.03. The van der Waals surface area contributed by atoms with Gasteiger partial charge in [0.25, 0.3) is 0 Å². The lowest BCUT2D eigenvalue weighted by Crippen LogP contribution is -2.56. The highest BCUT2D eigenvalue weighted by Crippen LogP contribution is 2.47. The van der Waals surface area contributed by atoms with Gasteiger partial charge in [-0.05, 0) is 30.3 Å². The van der Waals surface area contributed by atoms with Crippen molar-refractivity contribution in [2.75, 3.05) is 38.3 Å². The molecule has 0 aliphatic carbocycles. The molecule has 0 radical (unpaired) electrons. The van der Waals surface area contributed by atoms with E-state index in [1.165, 1.54) is 12.4 Å². The van der Waals surface area contributed by atoms with E-state index in [1.807, 2.05) is 6.07 Å². The van der Waals surface area contributed by atoms with E-state index in [-0.39, 0.29) is 11.9 Å². The van der Waals surface area contributed by atoms with E-state index < -0.39 is 0 Å². The minimum absolute atomic E-state index is 0.0710. The highest BCUT2D eigenvalue weighted by Gasteiger charge is 2.35. The van der Waals surface area contributed by atoms with Crippen molar-refractivity contribution >= 4 is 45.8 Å². The number of anilines is 1. The van der Waals surface area contributed by atoms with Crippen molar-refractivity contribution in [3.8, 4) is 22.6 Å². The van der Waals surface area contributed by atoms with Crippen molar-refractivity contribution in [1.82, 2.24) is 14.9 Å². The Morgan fingerprint density at radius 3 is 2.88 bits per heavy atom. The third kappa shape index (κ3) is 3.32. The standard InChI is InChI=1S/C23H20Cl2N4O3/c1-3-19(30)28-6-7-29-14(10-28)11-32-22-20-17(26-12-27-23(20)29)9-16(21(22)25)15-8-13(24)4-5-18(15)31-2/h3-5,8-9,12,14H,1,6-7,10-11H2,2H3/t14-/m0/s1. The molecule has 3 heterocycles. The summed E-state index contributed by atoms with van der Waals surface area (Å²) in [4.78, 5) is 25.2. The summed E-state index contributed by atoms with van der Waals surface area (Å²) in [5, 5.41) is 1.76. The van der Waals surface area contributed by atoms with Crippen LogP contribution in [0.3, 0.4) is 0 Å². The summed E-state index contributed by atoms with van der Waals surface area (Å²) in [6.07, 6.45) is 2.88. The maximum absolute atomic E-state index is 12.2. The molecule has 2 aliphatic rings. The minimum atomic E-state index is -0.0902. The second-order valence-electron chi connectivity index (χ2n) is 7.65. The van der Waals surface area contributed by atoms with Gasteiger partial charge in [0.2, 0.25) is 5.91 Å². The molecular weight excluding hydrogens is 451 g/mol. The van der Waals surface area contributed by atoms with E-state index in [4.69, 9.17) is 32.7 Å². The fourth-order valence-corrected chi connectivity index (χ4v) is 4.85. The third-order valence-electron chi connectivity index (χ3n) is 5.91. The van der Waals surface area contributed by atoms with E-state index >= 15 is 0 Å². The van der Waals surface area contributed by atoms with Crippen molar-refractivity contribution in [3.63, 3.8) is 0 Å². The van der Waals surface area contributed by atoms with Gasteiger partial charge < -0.3 is 19.3 Å². The summed E-state index contributed by atoms with van der Waals surface area (Å²) in [7, 11) is 1.60. The zero-order chi connectivity index (χ0) is 22.4. The van der Waals surface area contributed by atoms with Crippen LogP contribution in [0, 0.1) is 0 Å². The average Bonchev–Trinajstić information content (AvgIpc) is 2.98. The molecule has 2 aromatic carbocycles. The summed E-state index contributed by atoms with van der Waals surface area (Å²) in [5.41, 5.74) is 2.16. The second-order valence-corrected chi connectivity index (χ2v) is 8.46. The number of piperazine rings is 1. The number of benzene rings is 2. The first kappa shape index (κ1) is 20.8. The van der Waals surface area contributed by atoms with Crippen molar-refractivity contribution in [3.05, 3.63) is 53.3 Å². The van der Waals surface area contributed by atoms with Gasteiger partial charge in [-0.3, -0.25) is 4.79 Å². The number of nitrogens with zero attached hydrogens (tertiary/aromatic N) is 4. The van der Waals surface area contributed by atoms with E-state index in [2.05, 4.69) is 21.4 Å². The molecule has 1 fully saturated rings. The van der Waals surface area contributed by atoms with Gasteiger partial charge in [0.15, 0.2) is 5.75 Å². The topological polar surface area (TPSA) is 67.8 Å². The van der Waals surface area contributed by atoms with Crippen LogP contribution in [0.25, 0.3) is 22.0 Å². The molecule has 5 rings (SSSR count). The normalized spacial score (nSPS) is 17.4. The predicted molar refractivity (Wildman–Crippen MR) is 125 cm³/mol. The van der Waals surface area contributed by atoms with Gasteiger partial charge in [0, 0.05) is 35.8 Å². The number of hydrogen-bond acceptors (Lipinski definition) is 6. The van der Waals surface area contributed by atoms with E-state index in [0.29, 0.717) is 58.9 Å². The predicted octanol–water partition coefficient (Wildman–Crippen LogP) is 4.21. The Morgan fingerprint density at radius 1 is 1.25 bits per heavy atom. The Balaban J connectivity index is 1.66. The zero-order valence-corrected chi connectivity index (χ0v) is 18.9. The fourth-order valence-electron chi connectivity index (χ4n) is 4.37. The number of methoxy groups -OCH3 is 1. The van der Waals surface area contributed by atoms with Gasteiger partial charge in [-0.15, -0.1) is 0 Å². The zero-order valence-electron chi connectivity index (χ0n) is 17.3. The molecule has 0 saturated carbocycles. The van der Waals surface area contributed by atoms with Gasteiger partial charge in [-0.1, -0.05) is 29.8 Å². The van der Waals surface area contributed by atoms with Crippen LogP contribution >= 0.6 is 23.2 Å². The van der Waals surface area contributed by atoms with Crippen LogP contribution in [0.4, 0.5) is 5.82 Å². The number of fused-ring (bicyclic) bond motifs is 2. The molecule has 164 valence electrons. The molecule has 0 unspecified atom stereocenters. The summed E-state index contributed by atoms with van der Waals surface area (Å²) in [6.45, 7) is 5.66. The van der Waals surface area contributed by atoms with Crippen LogP contribution in [0.2, 0.25) is 10.0 Å². The summed E-state index contributed by atoms with van der Waals surface area (Å²) < 4.78 is 11.8. The first-order valence-electron chi connectivity index (χ1n) is 10.1. The Morgan fingerprint density at radius 2 is 2.09 bits per heavy atom. The van der Waals surface area contributed by atoms with Gasteiger partial charge in [-0.2, -0.15) is 0 Å². The van der Waals surface area contributed by atoms with Crippen LogP contribution in [-0.2, 0) is 4.79 Å². The number of halogens is 2. The van der Waals surface area contributed by atoms with Crippen LogP contribution in [0.1, 0.15) is 0 Å². The fraction of sp³-hybridized carbons (Fsp3) is 0.261. The lowest BCUT2D eigenvalue weighted by atomic mass is 10.0. The third-order valence-corrected chi connectivity index (χ3v) is 6.52. The molecule has 1 aromatic heterocycles. The Kier molecular flexibility index (Phi) is 5.31. The quantitative estimate of drug-likeness (QED) is 0.534.